The van der Waals surface area contributed by atoms with Crippen molar-refractivity contribution in [3.63, 3.8) is 0 Å². The summed E-state index contributed by atoms with van der Waals surface area (Å²) in [6, 6.07) is 5.58. The van der Waals surface area contributed by atoms with Gasteiger partial charge in [-0.1, -0.05) is 26.0 Å². The highest BCUT2D eigenvalue weighted by atomic mass is 16.5. The van der Waals surface area contributed by atoms with E-state index in [1.54, 1.807) is 31.2 Å². The number of imide groups is 1. The van der Waals surface area contributed by atoms with Crippen molar-refractivity contribution in [3.8, 4) is 5.75 Å². The van der Waals surface area contributed by atoms with Crippen molar-refractivity contribution in [2.24, 2.45) is 5.92 Å². The molecule has 2 fully saturated rings. The second-order valence-electron chi connectivity index (χ2n) is 8.25. The van der Waals surface area contributed by atoms with Crippen molar-refractivity contribution in [2.45, 2.75) is 45.2 Å². The number of amides is 4. The van der Waals surface area contributed by atoms with Gasteiger partial charge in [-0.25, -0.2) is 9.69 Å². The molecule has 1 atom stereocenters. The molecule has 3 rings (SSSR count). The normalized spacial score (nSPS) is 20.1. The minimum absolute atomic E-state index is 0.311. The number of carbonyl (C=O) groups excluding carboxylic acids is 3. The molecule has 0 aliphatic carbocycles. The summed E-state index contributed by atoms with van der Waals surface area (Å²) in [6.45, 7) is 8.36. The first-order valence-electron chi connectivity index (χ1n) is 10.1. The van der Waals surface area contributed by atoms with Crippen LogP contribution < -0.4 is 15.4 Å². The molecule has 8 nitrogen and oxygen atoms in total. The molecule has 0 saturated carbocycles. The maximum absolute atomic E-state index is 13.2. The van der Waals surface area contributed by atoms with Gasteiger partial charge in [-0.2, -0.15) is 0 Å². The Hall–Kier alpha value is -2.61. The number of para-hydroxylation sites is 2. The van der Waals surface area contributed by atoms with E-state index in [0.29, 0.717) is 30.2 Å². The van der Waals surface area contributed by atoms with Gasteiger partial charge in [0, 0.05) is 19.6 Å². The number of nitrogens with zero attached hydrogens (tertiary/aromatic N) is 2. The third-order valence-electron chi connectivity index (χ3n) is 5.66. The topological polar surface area (TPSA) is 91.0 Å². The molecule has 8 heteroatoms. The maximum Gasteiger partial charge on any atom is 0.325 e. The van der Waals surface area contributed by atoms with Crippen molar-refractivity contribution in [1.29, 1.82) is 0 Å². The van der Waals surface area contributed by atoms with Crippen LogP contribution in [0.4, 0.5) is 10.5 Å². The molecule has 2 N–H and O–H groups in total. The van der Waals surface area contributed by atoms with Gasteiger partial charge < -0.3 is 20.3 Å². The molecule has 0 bridgehead atoms. The van der Waals surface area contributed by atoms with Crippen LogP contribution >= 0.6 is 0 Å². The zero-order valence-corrected chi connectivity index (χ0v) is 17.5. The van der Waals surface area contributed by atoms with Gasteiger partial charge in [0.15, 0.2) is 0 Å². The molecular weight excluding hydrogens is 372 g/mol. The summed E-state index contributed by atoms with van der Waals surface area (Å²) in [7, 11) is 1.52. The van der Waals surface area contributed by atoms with E-state index in [0.717, 1.165) is 24.5 Å². The number of benzene rings is 1. The fourth-order valence-electron chi connectivity index (χ4n) is 4.07. The maximum atomic E-state index is 13.2. The number of anilines is 1. The second-order valence-corrected chi connectivity index (χ2v) is 8.25. The minimum atomic E-state index is -0.930. The summed E-state index contributed by atoms with van der Waals surface area (Å²) < 4.78 is 5.24. The number of nitrogens with one attached hydrogen (secondary N) is 2. The van der Waals surface area contributed by atoms with E-state index >= 15 is 0 Å². The van der Waals surface area contributed by atoms with Gasteiger partial charge in [0.2, 0.25) is 5.91 Å². The van der Waals surface area contributed by atoms with Crippen LogP contribution in [-0.4, -0.2) is 66.0 Å². The van der Waals surface area contributed by atoms with E-state index in [4.69, 9.17) is 4.74 Å². The van der Waals surface area contributed by atoms with Crippen LogP contribution in [0.3, 0.4) is 0 Å². The summed E-state index contributed by atoms with van der Waals surface area (Å²) in [5.74, 6) is 0.314. The van der Waals surface area contributed by atoms with E-state index in [1.807, 2.05) is 0 Å². The smallest absolute Gasteiger partial charge is 0.325 e. The van der Waals surface area contributed by atoms with Crippen LogP contribution in [0.25, 0.3) is 0 Å². The molecule has 29 heavy (non-hydrogen) atoms. The molecule has 0 radical (unpaired) electrons. The van der Waals surface area contributed by atoms with Gasteiger partial charge in [0.1, 0.15) is 17.3 Å². The largest absolute Gasteiger partial charge is 0.495 e. The molecule has 1 unspecified atom stereocenters. The molecule has 2 saturated heterocycles. The number of ether oxygens (including phenoxy) is 1. The zero-order chi connectivity index (χ0) is 21.2. The lowest BCUT2D eigenvalue weighted by Gasteiger charge is -2.38. The number of likely N-dealkylation sites (tertiary alicyclic amines) is 1. The van der Waals surface area contributed by atoms with E-state index in [9.17, 15) is 14.4 Å². The van der Waals surface area contributed by atoms with Crippen LogP contribution in [0.5, 0.6) is 5.75 Å². The average Bonchev–Trinajstić information content (AvgIpc) is 2.93. The lowest BCUT2D eigenvalue weighted by atomic mass is 9.87. The van der Waals surface area contributed by atoms with Gasteiger partial charge in [-0.05, 0) is 37.8 Å². The quantitative estimate of drug-likeness (QED) is 0.711. The molecule has 2 aliphatic heterocycles. The highest BCUT2D eigenvalue weighted by molar-refractivity contribution is 6.11. The van der Waals surface area contributed by atoms with Crippen molar-refractivity contribution in [1.82, 2.24) is 15.1 Å². The molecule has 0 aromatic heterocycles. The number of hydrogen-bond acceptors (Lipinski definition) is 5. The monoisotopic (exact) mass is 402 g/mol. The Labute approximate surface area is 171 Å². The van der Waals surface area contributed by atoms with Gasteiger partial charge in [-0.3, -0.25) is 9.59 Å². The lowest BCUT2D eigenvalue weighted by Crippen LogP contribution is -2.56. The van der Waals surface area contributed by atoms with Gasteiger partial charge >= 0.3 is 6.03 Å². The number of methoxy groups -OCH3 is 1. The predicted octanol–water partition coefficient (Wildman–Crippen LogP) is 2.06. The Morgan fingerprint density at radius 2 is 1.86 bits per heavy atom. The van der Waals surface area contributed by atoms with Crippen molar-refractivity contribution < 1.29 is 19.1 Å². The van der Waals surface area contributed by atoms with Gasteiger partial charge in [0.05, 0.1) is 12.8 Å². The number of carbonyl (C=O) groups is 3. The molecule has 1 spiro atoms. The SMILES string of the molecule is COc1ccccc1NC(=O)C(C)N1C(=O)NC2(CCN(CC(C)C)CC2)C1=O. The van der Waals surface area contributed by atoms with Crippen LogP contribution in [0.2, 0.25) is 0 Å². The van der Waals surface area contributed by atoms with Crippen molar-refractivity contribution in [2.75, 3.05) is 32.1 Å². The Bertz CT molecular complexity index is 787. The molecular formula is C21H30N4O4. The third kappa shape index (κ3) is 4.22. The second kappa shape index (κ2) is 8.41. The Kier molecular flexibility index (Phi) is 6.12. The molecule has 2 aliphatic rings. The highest BCUT2D eigenvalue weighted by Gasteiger charge is 2.54. The van der Waals surface area contributed by atoms with Crippen LogP contribution in [0, 0.1) is 5.92 Å². The van der Waals surface area contributed by atoms with Crippen molar-refractivity contribution in [3.05, 3.63) is 24.3 Å². The van der Waals surface area contributed by atoms with E-state index in [-0.39, 0.29) is 5.91 Å². The first-order valence-corrected chi connectivity index (χ1v) is 10.1. The molecule has 4 amide bonds. The number of hydrogen-bond donors (Lipinski definition) is 2. The summed E-state index contributed by atoms with van der Waals surface area (Å²) >= 11 is 0. The first-order chi connectivity index (χ1) is 13.8. The van der Waals surface area contributed by atoms with Crippen LogP contribution in [-0.2, 0) is 9.59 Å². The van der Waals surface area contributed by atoms with Crippen LogP contribution in [0.15, 0.2) is 24.3 Å². The standard InChI is InChI=1S/C21H30N4O4/c1-14(2)13-24-11-9-21(10-12-24)19(27)25(20(28)23-21)15(3)18(26)22-16-7-5-6-8-17(16)29-4/h5-8,14-15H,9-13H2,1-4H3,(H,22,26)(H,23,28). The summed E-state index contributed by atoms with van der Waals surface area (Å²) in [5, 5.41) is 5.62. The summed E-state index contributed by atoms with van der Waals surface area (Å²) in [5.41, 5.74) is -0.403. The number of rotatable bonds is 6. The van der Waals surface area contributed by atoms with Crippen LogP contribution in [0.1, 0.15) is 33.6 Å². The summed E-state index contributed by atoms with van der Waals surface area (Å²) in [4.78, 5) is 41.9. The third-order valence-corrected chi connectivity index (χ3v) is 5.66. The van der Waals surface area contributed by atoms with Crippen molar-refractivity contribution >= 4 is 23.5 Å². The average molecular weight is 402 g/mol. The van der Waals surface area contributed by atoms with E-state index in [1.165, 1.54) is 7.11 Å². The van der Waals surface area contributed by atoms with E-state index in [2.05, 4.69) is 29.4 Å². The van der Waals surface area contributed by atoms with Gasteiger partial charge in [-0.15, -0.1) is 0 Å². The van der Waals surface area contributed by atoms with E-state index < -0.39 is 23.5 Å². The minimum Gasteiger partial charge on any atom is -0.495 e. The molecule has 1 aromatic carbocycles. The summed E-state index contributed by atoms with van der Waals surface area (Å²) in [6.07, 6.45) is 1.11. The predicted molar refractivity (Wildman–Crippen MR) is 110 cm³/mol. The molecule has 158 valence electrons. The number of piperidine rings is 1. The highest BCUT2D eigenvalue weighted by Crippen LogP contribution is 2.31. The Morgan fingerprint density at radius 3 is 2.48 bits per heavy atom. The number of urea groups is 1. The fourth-order valence-corrected chi connectivity index (χ4v) is 4.07. The Balaban J connectivity index is 1.68. The molecule has 1 aromatic rings. The molecule has 2 heterocycles. The zero-order valence-electron chi connectivity index (χ0n) is 17.5. The first kappa shape index (κ1) is 21.1. The fraction of sp³-hybridized carbons (Fsp3) is 0.571. The lowest BCUT2D eigenvalue weighted by molar-refractivity contribution is -0.137. The Morgan fingerprint density at radius 1 is 1.21 bits per heavy atom. The van der Waals surface area contributed by atoms with Gasteiger partial charge in [0.25, 0.3) is 5.91 Å².